The largest absolute Gasteiger partial charge is 0.353 e. The first kappa shape index (κ1) is 14.0. The lowest BCUT2D eigenvalue weighted by molar-refractivity contribution is -0.125. The molecule has 0 spiro atoms. The maximum absolute atomic E-state index is 13.7. The van der Waals surface area contributed by atoms with Crippen molar-refractivity contribution in [3.05, 3.63) is 35.4 Å². The van der Waals surface area contributed by atoms with Gasteiger partial charge in [0.05, 0.1) is 5.56 Å². The van der Waals surface area contributed by atoms with E-state index in [1.807, 2.05) is 0 Å². The molecule has 3 rings (SSSR count). The zero-order chi connectivity index (χ0) is 15.0. The third-order valence-electron chi connectivity index (χ3n) is 4.27. The number of fused-ring (bicyclic) bond motifs is 1. The smallest absolute Gasteiger partial charge is 0.256 e. The molecule has 2 heterocycles. The number of carbonyl (C=O) groups is 2. The Morgan fingerprint density at radius 3 is 2.90 bits per heavy atom. The average Bonchev–Trinajstić information content (AvgIpc) is 2.48. The summed E-state index contributed by atoms with van der Waals surface area (Å²) in [5, 5.41) is 2.93. The fraction of sp³-hybridized carbons (Fsp3) is 0.467. The number of nitrogens with zero attached hydrogens (tertiary/aromatic N) is 1. The van der Waals surface area contributed by atoms with Crippen LogP contribution in [0.15, 0.2) is 18.2 Å². The number of likely N-dealkylation sites (tertiary alicyclic amines) is 1. The second-order valence-corrected chi connectivity index (χ2v) is 5.64. The fourth-order valence-electron chi connectivity index (χ4n) is 3.13. The molecular weight excluding hydrogens is 278 g/mol. The monoisotopic (exact) mass is 294 g/mol. The van der Waals surface area contributed by atoms with Crippen molar-refractivity contribution in [1.29, 1.82) is 0 Å². The van der Waals surface area contributed by atoms with Crippen molar-refractivity contribution in [2.24, 2.45) is 5.92 Å². The van der Waals surface area contributed by atoms with Crippen LogP contribution in [0, 0.1) is 17.6 Å². The van der Waals surface area contributed by atoms with E-state index in [0.717, 1.165) is 24.6 Å². The lowest BCUT2D eigenvalue weighted by Crippen LogP contribution is -2.55. The Bertz CT molecular complexity index is 591. The predicted octanol–water partition coefficient (Wildman–Crippen LogP) is 1.71. The Morgan fingerprint density at radius 2 is 2.10 bits per heavy atom. The van der Waals surface area contributed by atoms with Crippen LogP contribution in [-0.4, -0.2) is 35.8 Å². The van der Waals surface area contributed by atoms with Crippen LogP contribution in [0.25, 0.3) is 0 Å². The van der Waals surface area contributed by atoms with E-state index < -0.39 is 17.5 Å². The van der Waals surface area contributed by atoms with Crippen molar-refractivity contribution in [1.82, 2.24) is 10.2 Å². The summed E-state index contributed by atoms with van der Waals surface area (Å²) in [6, 6.07) is 2.99. The maximum atomic E-state index is 13.7. The Labute approximate surface area is 121 Å². The van der Waals surface area contributed by atoms with Crippen LogP contribution in [0.3, 0.4) is 0 Å². The van der Waals surface area contributed by atoms with Crippen LogP contribution in [0.4, 0.5) is 8.78 Å². The van der Waals surface area contributed by atoms with E-state index in [2.05, 4.69) is 5.32 Å². The second kappa shape index (κ2) is 5.42. The lowest BCUT2D eigenvalue weighted by Gasteiger charge is -2.41. The van der Waals surface area contributed by atoms with E-state index in [1.54, 1.807) is 4.90 Å². The highest BCUT2D eigenvalue weighted by molar-refractivity contribution is 5.94. The number of amides is 2. The van der Waals surface area contributed by atoms with Gasteiger partial charge < -0.3 is 10.2 Å². The highest BCUT2D eigenvalue weighted by atomic mass is 19.1. The first-order valence-corrected chi connectivity index (χ1v) is 7.08. The first-order chi connectivity index (χ1) is 10.0. The summed E-state index contributed by atoms with van der Waals surface area (Å²) < 4.78 is 26.9. The minimum absolute atomic E-state index is 0.0483. The van der Waals surface area contributed by atoms with Gasteiger partial charge in [-0.25, -0.2) is 8.78 Å². The summed E-state index contributed by atoms with van der Waals surface area (Å²) >= 11 is 0. The number of halogens is 2. The van der Waals surface area contributed by atoms with Gasteiger partial charge in [0.25, 0.3) is 5.91 Å². The van der Waals surface area contributed by atoms with Crippen LogP contribution in [0.2, 0.25) is 0 Å². The minimum Gasteiger partial charge on any atom is -0.353 e. The molecule has 1 aromatic carbocycles. The molecule has 2 fully saturated rings. The molecule has 2 atom stereocenters. The van der Waals surface area contributed by atoms with Gasteiger partial charge >= 0.3 is 0 Å². The molecule has 1 N–H and O–H groups in total. The summed E-state index contributed by atoms with van der Waals surface area (Å²) in [7, 11) is 0. The normalized spacial score (nSPS) is 25.2. The first-order valence-electron chi connectivity index (χ1n) is 7.08. The van der Waals surface area contributed by atoms with Gasteiger partial charge in [-0.15, -0.1) is 0 Å². The molecule has 6 heteroatoms. The molecule has 1 aromatic rings. The van der Waals surface area contributed by atoms with Crippen LogP contribution >= 0.6 is 0 Å². The molecular formula is C15H16F2N2O2. The van der Waals surface area contributed by atoms with Crippen molar-refractivity contribution in [3.8, 4) is 0 Å². The Hall–Kier alpha value is -1.98. The standard InChI is InChI=1S/C15H16F2N2O2/c16-10-2-3-12(17)11(7-10)15(21)19-6-5-13-9(8-19)1-4-14(20)18-13/h2-3,7,9,13H,1,4-6,8H2,(H,18,20). The molecule has 112 valence electrons. The quantitative estimate of drug-likeness (QED) is 0.857. The van der Waals surface area contributed by atoms with E-state index in [1.165, 1.54) is 0 Å². The number of hydrogen-bond donors (Lipinski definition) is 1. The van der Waals surface area contributed by atoms with Gasteiger partial charge in [-0.2, -0.15) is 0 Å². The molecule has 2 aliphatic rings. The molecule has 2 amide bonds. The molecule has 4 nitrogen and oxygen atoms in total. The Balaban J connectivity index is 1.74. The van der Waals surface area contributed by atoms with Crippen molar-refractivity contribution >= 4 is 11.8 Å². The zero-order valence-corrected chi connectivity index (χ0v) is 11.4. The highest BCUT2D eigenvalue weighted by Crippen LogP contribution is 2.26. The molecule has 21 heavy (non-hydrogen) atoms. The van der Waals surface area contributed by atoms with Crippen molar-refractivity contribution in [2.45, 2.75) is 25.3 Å². The Morgan fingerprint density at radius 1 is 1.29 bits per heavy atom. The number of benzene rings is 1. The summed E-state index contributed by atoms with van der Waals surface area (Å²) in [4.78, 5) is 25.2. The number of carbonyl (C=O) groups excluding carboxylic acids is 2. The van der Waals surface area contributed by atoms with Gasteiger partial charge in [0, 0.05) is 25.6 Å². The van der Waals surface area contributed by atoms with Crippen LogP contribution in [0.5, 0.6) is 0 Å². The van der Waals surface area contributed by atoms with Gasteiger partial charge in [-0.1, -0.05) is 0 Å². The van der Waals surface area contributed by atoms with Crippen LogP contribution < -0.4 is 5.32 Å². The summed E-state index contributed by atoms with van der Waals surface area (Å²) in [5.74, 6) is -1.58. The summed E-state index contributed by atoms with van der Waals surface area (Å²) in [6.07, 6.45) is 1.84. The molecule has 2 unspecified atom stereocenters. The zero-order valence-electron chi connectivity index (χ0n) is 11.4. The molecule has 0 aromatic heterocycles. The molecule has 0 saturated carbocycles. The fourth-order valence-corrected chi connectivity index (χ4v) is 3.13. The number of rotatable bonds is 1. The van der Waals surface area contributed by atoms with Crippen molar-refractivity contribution < 1.29 is 18.4 Å². The van der Waals surface area contributed by atoms with Gasteiger partial charge in [-0.3, -0.25) is 9.59 Å². The van der Waals surface area contributed by atoms with Gasteiger partial charge in [0.1, 0.15) is 11.6 Å². The summed E-state index contributed by atoms with van der Waals surface area (Å²) in [5.41, 5.74) is -0.228. The maximum Gasteiger partial charge on any atom is 0.256 e. The summed E-state index contributed by atoms with van der Waals surface area (Å²) in [6.45, 7) is 0.913. The number of hydrogen-bond acceptors (Lipinski definition) is 2. The van der Waals surface area contributed by atoms with Crippen molar-refractivity contribution in [3.63, 3.8) is 0 Å². The van der Waals surface area contributed by atoms with Crippen molar-refractivity contribution in [2.75, 3.05) is 13.1 Å². The number of nitrogens with one attached hydrogen (secondary N) is 1. The topological polar surface area (TPSA) is 49.4 Å². The number of piperidine rings is 2. The SMILES string of the molecule is O=C1CCC2CN(C(=O)c3cc(F)ccc3F)CCC2N1. The third kappa shape index (κ3) is 2.75. The minimum atomic E-state index is -0.708. The van der Waals surface area contributed by atoms with Gasteiger partial charge in [0.2, 0.25) is 5.91 Å². The third-order valence-corrected chi connectivity index (χ3v) is 4.27. The van der Waals surface area contributed by atoms with E-state index in [9.17, 15) is 18.4 Å². The highest BCUT2D eigenvalue weighted by Gasteiger charge is 2.36. The predicted molar refractivity (Wildman–Crippen MR) is 71.5 cm³/mol. The lowest BCUT2D eigenvalue weighted by atomic mass is 9.85. The molecule has 2 saturated heterocycles. The van der Waals surface area contributed by atoms with E-state index in [-0.39, 0.29) is 23.4 Å². The van der Waals surface area contributed by atoms with E-state index >= 15 is 0 Å². The average molecular weight is 294 g/mol. The van der Waals surface area contributed by atoms with Crippen LogP contribution in [-0.2, 0) is 4.79 Å². The Kier molecular flexibility index (Phi) is 3.61. The van der Waals surface area contributed by atoms with Crippen LogP contribution in [0.1, 0.15) is 29.6 Å². The van der Waals surface area contributed by atoms with Gasteiger partial charge in [0.15, 0.2) is 0 Å². The second-order valence-electron chi connectivity index (χ2n) is 5.64. The van der Waals surface area contributed by atoms with E-state index in [4.69, 9.17) is 0 Å². The molecule has 0 bridgehead atoms. The van der Waals surface area contributed by atoms with Gasteiger partial charge in [-0.05, 0) is 37.0 Å². The molecule has 2 aliphatic heterocycles. The van der Waals surface area contributed by atoms with E-state index in [0.29, 0.717) is 25.9 Å². The molecule has 0 radical (unpaired) electrons. The molecule has 0 aliphatic carbocycles.